The van der Waals surface area contributed by atoms with E-state index in [1.807, 2.05) is 27.7 Å². The van der Waals surface area contributed by atoms with Crippen LogP contribution in [0.5, 0.6) is 0 Å². The van der Waals surface area contributed by atoms with Gasteiger partial charge in [-0.15, -0.1) is 0 Å². The molecule has 4 nitrogen and oxygen atoms in total. The van der Waals surface area contributed by atoms with E-state index in [0.29, 0.717) is 12.4 Å². The van der Waals surface area contributed by atoms with Gasteiger partial charge >= 0.3 is 6.18 Å². The molecule has 0 atom stereocenters. The maximum atomic E-state index is 12.0. The third kappa shape index (κ3) is 5.73. The highest BCUT2D eigenvalue weighted by Crippen LogP contribution is 2.22. The number of aromatic nitrogens is 2. The molecule has 0 amide bonds. The van der Waals surface area contributed by atoms with Crippen LogP contribution in [0.1, 0.15) is 39.2 Å². The predicted molar refractivity (Wildman–Crippen MR) is 70.6 cm³/mol. The molecule has 0 radical (unpaired) electrons. The van der Waals surface area contributed by atoms with Gasteiger partial charge in [0.1, 0.15) is 19.0 Å². The van der Waals surface area contributed by atoms with Crippen molar-refractivity contribution in [1.82, 2.24) is 9.97 Å². The summed E-state index contributed by atoms with van der Waals surface area (Å²) in [6.45, 7) is 6.96. The predicted octanol–water partition coefficient (Wildman–Crippen LogP) is 3.28. The molecule has 0 aliphatic rings. The van der Waals surface area contributed by atoms with Crippen LogP contribution in [-0.4, -0.2) is 29.3 Å². The Kier molecular flexibility index (Phi) is 5.33. The number of anilines is 1. The summed E-state index contributed by atoms with van der Waals surface area (Å²) in [6, 6.07) is 1.80. The molecule has 0 saturated carbocycles. The fraction of sp³-hybridized carbons (Fsp3) is 0.692. The number of nitrogens with one attached hydrogen (secondary N) is 1. The molecule has 1 heterocycles. The first-order chi connectivity index (χ1) is 9.12. The maximum Gasteiger partial charge on any atom is 0.411 e. The van der Waals surface area contributed by atoms with Gasteiger partial charge < -0.3 is 10.1 Å². The second-order valence-electron chi connectivity index (χ2n) is 5.44. The van der Waals surface area contributed by atoms with Crippen molar-refractivity contribution >= 4 is 5.82 Å². The van der Waals surface area contributed by atoms with Gasteiger partial charge in [-0.05, 0) is 6.92 Å². The van der Waals surface area contributed by atoms with Crippen molar-refractivity contribution in [3.8, 4) is 0 Å². The van der Waals surface area contributed by atoms with Gasteiger partial charge in [-0.3, -0.25) is 0 Å². The molecule has 0 saturated heterocycles. The summed E-state index contributed by atoms with van der Waals surface area (Å²) in [5.74, 6) is 0.843. The molecule has 0 aliphatic carbocycles. The highest BCUT2D eigenvalue weighted by molar-refractivity contribution is 5.37. The number of hydrogen-bond donors (Lipinski definition) is 1. The molecule has 1 aromatic heterocycles. The summed E-state index contributed by atoms with van der Waals surface area (Å²) in [5, 5.41) is 3.04. The maximum absolute atomic E-state index is 12.0. The minimum atomic E-state index is -4.34. The lowest BCUT2D eigenvalue weighted by Crippen LogP contribution is -2.19. The Morgan fingerprint density at radius 1 is 1.20 bits per heavy atom. The van der Waals surface area contributed by atoms with E-state index in [0.717, 1.165) is 5.69 Å². The molecule has 0 aromatic carbocycles. The summed E-state index contributed by atoms with van der Waals surface area (Å²) >= 11 is 0. The highest BCUT2D eigenvalue weighted by Gasteiger charge is 2.27. The molecule has 0 unspecified atom stereocenters. The van der Waals surface area contributed by atoms with E-state index in [2.05, 4.69) is 20.0 Å². The van der Waals surface area contributed by atoms with Crippen LogP contribution in [0.15, 0.2) is 6.07 Å². The van der Waals surface area contributed by atoms with Gasteiger partial charge in [-0.2, -0.15) is 13.2 Å². The summed E-state index contributed by atoms with van der Waals surface area (Å²) in [4.78, 5) is 8.40. The number of halogens is 3. The van der Waals surface area contributed by atoms with E-state index >= 15 is 0 Å². The monoisotopic (exact) mass is 291 g/mol. The van der Waals surface area contributed by atoms with Gasteiger partial charge in [0.25, 0.3) is 0 Å². The molecular weight excluding hydrogens is 271 g/mol. The first-order valence-electron chi connectivity index (χ1n) is 6.38. The van der Waals surface area contributed by atoms with Crippen LogP contribution in [0, 0.1) is 0 Å². The third-order valence-corrected chi connectivity index (χ3v) is 2.40. The van der Waals surface area contributed by atoms with Crippen molar-refractivity contribution in [2.24, 2.45) is 0 Å². The summed E-state index contributed by atoms with van der Waals surface area (Å²) in [6.07, 6.45) is -4.34. The van der Waals surface area contributed by atoms with Gasteiger partial charge in [0.05, 0.1) is 5.69 Å². The smallest absolute Gasteiger partial charge is 0.370 e. The first-order valence-corrected chi connectivity index (χ1v) is 6.38. The molecule has 0 bridgehead atoms. The zero-order chi connectivity index (χ0) is 15.4. The molecule has 114 valence electrons. The van der Waals surface area contributed by atoms with Crippen molar-refractivity contribution in [2.75, 3.05) is 18.5 Å². The summed E-state index contributed by atoms with van der Waals surface area (Å²) in [5.41, 5.74) is 0.542. The van der Waals surface area contributed by atoms with Crippen molar-refractivity contribution < 1.29 is 17.9 Å². The Morgan fingerprint density at radius 3 is 2.35 bits per heavy atom. The van der Waals surface area contributed by atoms with E-state index in [9.17, 15) is 13.2 Å². The molecule has 1 N–H and O–H groups in total. The van der Waals surface area contributed by atoms with E-state index in [-0.39, 0.29) is 17.8 Å². The Morgan fingerprint density at radius 2 is 1.85 bits per heavy atom. The van der Waals surface area contributed by atoms with Gasteiger partial charge in [0, 0.05) is 18.0 Å². The standard InChI is InChI=1S/C13H20F3N3O/c1-5-17-10-6-9(12(2,3)4)18-11(19-10)7-20-8-13(14,15)16/h6H,5,7-8H2,1-4H3,(H,17,18,19). The van der Waals surface area contributed by atoms with Crippen molar-refractivity contribution in [2.45, 2.75) is 45.9 Å². The normalized spacial score (nSPS) is 12.6. The van der Waals surface area contributed by atoms with Crippen LogP contribution in [-0.2, 0) is 16.8 Å². The number of ether oxygens (including phenoxy) is 1. The van der Waals surface area contributed by atoms with Crippen LogP contribution in [0.2, 0.25) is 0 Å². The molecule has 0 aliphatic heterocycles. The second kappa shape index (κ2) is 6.39. The lowest BCUT2D eigenvalue weighted by molar-refractivity contribution is -0.177. The van der Waals surface area contributed by atoms with Crippen LogP contribution in [0.3, 0.4) is 0 Å². The van der Waals surface area contributed by atoms with Gasteiger partial charge in [0.2, 0.25) is 0 Å². The van der Waals surface area contributed by atoms with E-state index < -0.39 is 12.8 Å². The molecule has 20 heavy (non-hydrogen) atoms. The lowest BCUT2D eigenvalue weighted by Gasteiger charge is -2.19. The zero-order valence-corrected chi connectivity index (χ0v) is 12.1. The van der Waals surface area contributed by atoms with Crippen molar-refractivity contribution in [3.63, 3.8) is 0 Å². The SMILES string of the molecule is CCNc1cc(C(C)(C)C)nc(COCC(F)(F)F)n1. The van der Waals surface area contributed by atoms with Crippen molar-refractivity contribution in [1.29, 1.82) is 0 Å². The van der Waals surface area contributed by atoms with Crippen LogP contribution in [0.4, 0.5) is 19.0 Å². The lowest BCUT2D eigenvalue weighted by atomic mass is 9.92. The number of nitrogens with zero attached hydrogens (tertiary/aromatic N) is 2. The average molecular weight is 291 g/mol. The van der Waals surface area contributed by atoms with Crippen molar-refractivity contribution in [3.05, 3.63) is 17.6 Å². The fourth-order valence-electron chi connectivity index (χ4n) is 1.48. The Bertz CT molecular complexity index is 441. The van der Waals surface area contributed by atoms with Crippen LogP contribution in [0.25, 0.3) is 0 Å². The number of rotatable bonds is 5. The molecule has 0 spiro atoms. The van der Waals surface area contributed by atoms with Gasteiger partial charge in [-0.25, -0.2) is 9.97 Å². The topological polar surface area (TPSA) is 47.0 Å². The summed E-state index contributed by atoms with van der Waals surface area (Å²) in [7, 11) is 0. The van der Waals surface area contributed by atoms with Gasteiger partial charge in [0.15, 0.2) is 5.82 Å². The number of alkyl halides is 3. The Labute approximate surface area is 116 Å². The average Bonchev–Trinajstić information content (AvgIpc) is 2.26. The molecule has 1 rings (SSSR count). The molecule has 0 fully saturated rings. The highest BCUT2D eigenvalue weighted by atomic mass is 19.4. The minimum absolute atomic E-state index is 0.216. The first kappa shape index (κ1) is 16.7. The van der Waals surface area contributed by atoms with Crippen LogP contribution >= 0.6 is 0 Å². The third-order valence-electron chi connectivity index (χ3n) is 2.40. The van der Waals surface area contributed by atoms with Gasteiger partial charge in [-0.1, -0.05) is 20.8 Å². The molecule has 1 aromatic rings. The van der Waals surface area contributed by atoms with E-state index in [1.165, 1.54) is 0 Å². The molecular formula is C13H20F3N3O. The molecule has 7 heteroatoms. The zero-order valence-electron chi connectivity index (χ0n) is 12.1. The van der Waals surface area contributed by atoms with Crippen LogP contribution < -0.4 is 5.32 Å². The fourth-order valence-corrected chi connectivity index (χ4v) is 1.48. The quantitative estimate of drug-likeness (QED) is 0.904. The Balaban J connectivity index is 2.86. The Hall–Kier alpha value is -1.37. The van der Waals surface area contributed by atoms with E-state index in [4.69, 9.17) is 0 Å². The van der Waals surface area contributed by atoms with E-state index in [1.54, 1.807) is 6.07 Å². The summed E-state index contributed by atoms with van der Waals surface area (Å²) < 4.78 is 40.8. The largest absolute Gasteiger partial charge is 0.411 e. The number of hydrogen-bond acceptors (Lipinski definition) is 4. The second-order valence-corrected chi connectivity index (χ2v) is 5.44. The minimum Gasteiger partial charge on any atom is -0.370 e.